The molecular weight excluding hydrogens is 346 g/mol. The Hall–Kier alpha value is -1.66. The number of aromatic nitrogens is 2. The number of ether oxygens (including phenoxy) is 1. The first-order chi connectivity index (χ1) is 10.7. The third-order valence-electron chi connectivity index (χ3n) is 3.70. The third-order valence-corrected chi connectivity index (χ3v) is 4.47. The highest BCUT2D eigenvalue weighted by Crippen LogP contribution is 2.18. The van der Waals surface area contributed by atoms with Crippen LogP contribution in [-0.4, -0.2) is 29.0 Å². The molecule has 1 saturated heterocycles. The molecule has 1 fully saturated rings. The third kappa shape index (κ3) is 3.56. The molecule has 1 unspecified atom stereocenters. The summed E-state index contributed by atoms with van der Waals surface area (Å²) in [6.07, 6.45) is 4.07. The van der Waals surface area contributed by atoms with Crippen LogP contribution in [0, 0.1) is 0 Å². The predicted octanol–water partition coefficient (Wildman–Crippen LogP) is 2.65. The molecule has 0 radical (unpaired) electrons. The molecule has 1 atom stereocenters. The highest BCUT2D eigenvalue weighted by molar-refractivity contribution is 9.10. The number of nitrogens with one attached hydrogen (secondary N) is 1. The zero-order valence-corrected chi connectivity index (χ0v) is 13.8. The molecule has 1 aromatic carbocycles. The first kappa shape index (κ1) is 15.2. The van der Waals surface area contributed by atoms with Crippen LogP contribution in [0.25, 0.3) is 0 Å². The largest absolute Gasteiger partial charge is 0.380 e. The van der Waals surface area contributed by atoms with Crippen LogP contribution < -0.4 is 10.9 Å². The lowest BCUT2D eigenvalue weighted by atomic mass is 10.2. The Labute approximate surface area is 137 Å². The van der Waals surface area contributed by atoms with Gasteiger partial charge in [-0.3, -0.25) is 4.79 Å². The number of benzene rings is 1. The minimum absolute atomic E-state index is 0.138. The van der Waals surface area contributed by atoms with Crippen LogP contribution in [0.2, 0.25) is 0 Å². The Kier molecular flexibility index (Phi) is 4.90. The number of halogens is 1. The second kappa shape index (κ2) is 7.07. The van der Waals surface area contributed by atoms with E-state index in [1.807, 2.05) is 30.3 Å². The van der Waals surface area contributed by atoms with E-state index in [2.05, 4.69) is 26.3 Å². The van der Waals surface area contributed by atoms with Crippen molar-refractivity contribution < 1.29 is 4.74 Å². The monoisotopic (exact) mass is 363 g/mol. The maximum absolute atomic E-state index is 12.4. The molecule has 0 spiro atoms. The molecule has 6 heteroatoms. The van der Waals surface area contributed by atoms with E-state index in [-0.39, 0.29) is 11.7 Å². The minimum atomic E-state index is -0.138. The van der Waals surface area contributed by atoms with Crippen LogP contribution in [0.1, 0.15) is 18.4 Å². The van der Waals surface area contributed by atoms with Crippen molar-refractivity contribution in [2.24, 2.45) is 0 Å². The molecule has 22 heavy (non-hydrogen) atoms. The SMILES string of the molecule is O=c1c(Br)c(NCC2CCCO2)cnn1Cc1ccccc1. The van der Waals surface area contributed by atoms with Crippen LogP contribution >= 0.6 is 15.9 Å². The molecule has 1 aliphatic heterocycles. The van der Waals surface area contributed by atoms with E-state index >= 15 is 0 Å². The summed E-state index contributed by atoms with van der Waals surface area (Å²) in [5, 5.41) is 7.49. The van der Waals surface area contributed by atoms with Crippen LogP contribution in [-0.2, 0) is 11.3 Å². The first-order valence-corrected chi connectivity index (χ1v) is 8.18. The molecule has 0 saturated carbocycles. The number of nitrogens with zero attached hydrogens (tertiary/aromatic N) is 2. The number of hydrogen-bond acceptors (Lipinski definition) is 4. The van der Waals surface area contributed by atoms with Crippen LogP contribution in [0.4, 0.5) is 5.69 Å². The van der Waals surface area contributed by atoms with E-state index in [1.165, 1.54) is 4.68 Å². The van der Waals surface area contributed by atoms with E-state index in [0.717, 1.165) is 25.0 Å². The minimum Gasteiger partial charge on any atom is -0.380 e. The van der Waals surface area contributed by atoms with Gasteiger partial charge in [0.05, 0.1) is 24.5 Å². The fourth-order valence-corrected chi connectivity index (χ4v) is 2.93. The van der Waals surface area contributed by atoms with Crippen molar-refractivity contribution >= 4 is 21.6 Å². The second-order valence-corrected chi connectivity index (χ2v) is 6.13. The summed E-state index contributed by atoms with van der Waals surface area (Å²) in [5.41, 5.74) is 1.62. The highest BCUT2D eigenvalue weighted by Gasteiger charge is 2.16. The fourth-order valence-electron chi connectivity index (χ4n) is 2.49. The van der Waals surface area contributed by atoms with Gasteiger partial charge in [0.1, 0.15) is 4.47 Å². The van der Waals surface area contributed by atoms with Crippen molar-refractivity contribution in [1.82, 2.24) is 9.78 Å². The predicted molar refractivity (Wildman–Crippen MR) is 89.2 cm³/mol. The van der Waals surface area contributed by atoms with Gasteiger partial charge in [-0.05, 0) is 34.3 Å². The van der Waals surface area contributed by atoms with Gasteiger partial charge >= 0.3 is 0 Å². The first-order valence-electron chi connectivity index (χ1n) is 7.39. The van der Waals surface area contributed by atoms with Crippen molar-refractivity contribution in [2.45, 2.75) is 25.5 Å². The Bertz CT molecular complexity index is 682. The molecule has 2 heterocycles. The zero-order valence-electron chi connectivity index (χ0n) is 12.2. The quantitative estimate of drug-likeness (QED) is 0.886. The molecule has 3 rings (SSSR count). The Morgan fingerprint density at radius 3 is 2.91 bits per heavy atom. The number of anilines is 1. The number of hydrogen-bond donors (Lipinski definition) is 1. The second-order valence-electron chi connectivity index (χ2n) is 5.34. The van der Waals surface area contributed by atoms with Crippen molar-refractivity contribution in [3.63, 3.8) is 0 Å². The maximum atomic E-state index is 12.4. The van der Waals surface area contributed by atoms with Gasteiger partial charge in [-0.2, -0.15) is 5.10 Å². The van der Waals surface area contributed by atoms with Gasteiger partial charge in [-0.1, -0.05) is 30.3 Å². The van der Waals surface area contributed by atoms with E-state index in [0.29, 0.717) is 23.2 Å². The lowest BCUT2D eigenvalue weighted by Crippen LogP contribution is -2.26. The molecule has 2 aromatic rings. The van der Waals surface area contributed by atoms with Gasteiger partial charge in [0.2, 0.25) is 0 Å². The standard InChI is InChI=1S/C16H18BrN3O2/c17-15-14(18-9-13-7-4-8-22-13)10-19-20(16(15)21)11-12-5-2-1-3-6-12/h1-3,5-6,10,13,18H,4,7-9,11H2. The zero-order chi connectivity index (χ0) is 15.4. The van der Waals surface area contributed by atoms with Gasteiger partial charge in [-0.15, -0.1) is 0 Å². The molecule has 1 N–H and O–H groups in total. The van der Waals surface area contributed by atoms with E-state index in [4.69, 9.17) is 4.74 Å². The summed E-state index contributed by atoms with van der Waals surface area (Å²) >= 11 is 3.38. The van der Waals surface area contributed by atoms with Gasteiger partial charge < -0.3 is 10.1 Å². The average molecular weight is 364 g/mol. The normalized spacial score (nSPS) is 17.6. The summed E-state index contributed by atoms with van der Waals surface area (Å²) < 4.78 is 7.53. The molecule has 0 bridgehead atoms. The Morgan fingerprint density at radius 2 is 2.18 bits per heavy atom. The summed E-state index contributed by atoms with van der Waals surface area (Å²) in [6, 6.07) is 9.81. The molecule has 5 nitrogen and oxygen atoms in total. The van der Waals surface area contributed by atoms with Crippen LogP contribution in [0.5, 0.6) is 0 Å². The van der Waals surface area contributed by atoms with Gasteiger partial charge in [0.25, 0.3) is 5.56 Å². The van der Waals surface area contributed by atoms with Gasteiger partial charge in [0, 0.05) is 13.2 Å². The van der Waals surface area contributed by atoms with Crippen molar-refractivity contribution in [3.05, 3.63) is 56.9 Å². The van der Waals surface area contributed by atoms with E-state index < -0.39 is 0 Å². The van der Waals surface area contributed by atoms with Crippen LogP contribution in [0.3, 0.4) is 0 Å². The van der Waals surface area contributed by atoms with Crippen LogP contribution in [0.15, 0.2) is 45.8 Å². The lowest BCUT2D eigenvalue weighted by Gasteiger charge is -2.13. The summed E-state index contributed by atoms with van der Waals surface area (Å²) in [7, 11) is 0. The molecule has 0 amide bonds. The Morgan fingerprint density at radius 1 is 1.36 bits per heavy atom. The topological polar surface area (TPSA) is 56.1 Å². The van der Waals surface area contributed by atoms with E-state index in [1.54, 1.807) is 6.20 Å². The molecule has 1 aliphatic rings. The van der Waals surface area contributed by atoms with Crippen molar-refractivity contribution in [3.8, 4) is 0 Å². The average Bonchev–Trinajstić information content (AvgIpc) is 3.06. The highest BCUT2D eigenvalue weighted by atomic mass is 79.9. The maximum Gasteiger partial charge on any atom is 0.283 e. The van der Waals surface area contributed by atoms with Crippen molar-refractivity contribution in [2.75, 3.05) is 18.5 Å². The summed E-state index contributed by atoms with van der Waals surface area (Å²) in [4.78, 5) is 12.4. The smallest absolute Gasteiger partial charge is 0.283 e. The van der Waals surface area contributed by atoms with Gasteiger partial charge in [-0.25, -0.2) is 4.68 Å². The fraction of sp³-hybridized carbons (Fsp3) is 0.375. The van der Waals surface area contributed by atoms with E-state index in [9.17, 15) is 4.79 Å². The number of rotatable bonds is 5. The van der Waals surface area contributed by atoms with Crippen molar-refractivity contribution in [1.29, 1.82) is 0 Å². The molecule has 116 valence electrons. The molecule has 1 aromatic heterocycles. The summed E-state index contributed by atoms with van der Waals surface area (Å²) in [5.74, 6) is 0. The molecular formula is C16H18BrN3O2. The molecule has 0 aliphatic carbocycles. The lowest BCUT2D eigenvalue weighted by molar-refractivity contribution is 0.120. The van der Waals surface area contributed by atoms with Gasteiger partial charge in [0.15, 0.2) is 0 Å². The summed E-state index contributed by atoms with van der Waals surface area (Å²) in [6.45, 7) is 1.98. The Balaban J connectivity index is 1.72.